The summed E-state index contributed by atoms with van der Waals surface area (Å²) < 4.78 is 25.4. The zero-order valence-electron chi connectivity index (χ0n) is 16.2. The van der Waals surface area contributed by atoms with Gasteiger partial charge in [-0.2, -0.15) is 0 Å². The number of anilines is 1. The molecule has 2 rings (SSSR count). The lowest BCUT2D eigenvalue weighted by Gasteiger charge is -2.24. The topological polar surface area (TPSA) is 66.5 Å². The molecule has 7 heteroatoms. The van der Waals surface area contributed by atoms with Crippen LogP contribution >= 0.6 is 11.6 Å². The van der Waals surface area contributed by atoms with Crippen molar-refractivity contribution in [2.75, 3.05) is 17.1 Å². The van der Waals surface area contributed by atoms with Gasteiger partial charge in [0.25, 0.3) is 0 Å². The highest BCUT2D eigenvalue weighted by atomic mass is 35.5. The van der Waals surface area contributed by atoms with Crippen LogP contribution in [-0.4, -0.2) is 27.1 Å². The van der Waals surface area contributed by atoms with Gasteiger partial charge in [-0.15, -0.1) is 0 Å². The Bertz CT molecular complexity index is 958. The number of halogens is 1. The SMILES string of the molecule is Cc1cc(C)c([C@H](C)NC(=O)CN(c2ccccc2Cl)S(C)(=O)=O)cc1C. The van der Waals surface area contributed by atoms with Crippen LogP contribution in [0.4, 0.5) is 5.69 Å². The van der Waals surface area contributed by atoms with E-state index in [2.05, 4.69) is 17.4 Å². The van der Waals surface area contributed by atoms with Gasteiger partial charge < -0.3 is 5.32 Å². The zero-order chi connectivity index (χ0) is 20.4. The van der Waals surface area contributed by atoms with Gasteiger partial charge in [-0.05, 0) is 62.1 Å². The average molecular weight is 409 g/mol. The lowest BCUT2D eigenvalue weighted by atomic mass is 9.96. The fraction of sp³-hybridized carbons (Fsp3) is 0.350. The molecule has 146 valence electrons. The Balaban J connectivity index is 2.22. The van der Waals surface area contributed by atoms with Gasteiger partial charge in [0.1, 0.15) is 6.54 Å². The fourth-order valence-corrected chi connectivity index (χ4v) is 4.14. The quantitative estimate of drug-likeness (QED) is 0.787. The minimum atomic E-state index is -3.67. The van der Waals surface area contributed by atoms with E-state index < -0.39 is 15.9 Å². The van der Waals surface area contributed by atoms with E-state index in [9.17, 15) is 13.2 Å². The van der Waals surface area contributed by atoms with Crippen LogP contribution in [0.5, 0.6) is 0 Å². The molecule has 0 spiro atoms. The number of benzene rings is 2. The maximum absolute atomic E-state index is 12.6. The fourth-order valence-electron chi connectivity index (χ4n) is 2.98. The molecule has 0 aliphatic rings. The van der Waals surface area contributed by atoms with E-state index in [1.165, 1.54) is 5.56 Å². The van der Waals surface area contributed by atoms with Gasteiger partial charge in [-0.3, -0.25) is 9.10 Å². The van der Waals surface area contributed by atoms with Crippen LogP contribution < -0.4 is 9.62 Å². The normalized spacial score (nSPS) is 12.5. The van der Waals surface area contributed by atoms with E-state index >= 15 is 0 Å². The number of hydrogen-bond acceptors (Lipinski definition) is 3. The highest BCUT2D eigenvalue weighted by Gasteiger charge is 2.24. The second-order valence-electron chi connectivity index (χ2n) is 6.80. The van der Waals surface area contributed by atoms with Gasteiger partial charge in [-0.1, -0.05) is 35.9 Å². The van der Waals surface area contributed by atoms with Gasteiger partial charge in [-0.25, -0.2) is 8.42 Å². The van der Waals surface area contributed by atoms with E-state index in [1.54, 1.807) is 24.3 Å². The minimum Gasteiger partial charge on any atom is -0.348 e. The molecule has 0 aromatic heterocycles. The van der Waals surface area contributed by atoms with Crippen LogP contribution in [0.1, 0.15) is 35.2 Å². The van der Waals surface area contributed by atoms with Crippen molar-refractivity contribution in [2.24, 2.45) is 0 Å². The van der Waals surface area contributed by atoms with Crippen molar-refractivity contribution in [1.82, 2.24) is 5.32 Å². The molecule has 0 unspecified atom stereocenters. The molecule has 0 aliphatic heterocycles. The second-order valence-corrected chi connectivity index (χ2v) is 9.12. The van der Waals surface area contributed by atoms with Crippen LogP contribution in [0, 0.1) is 20.8 Å². The smallest absolute Gasteiger partial charge is 0.241 e. The number of para-hydroxylation sites is 1. The Morgan fingerprint density at radius 1 is 1.11 bits per heavy atom. The third kappa shape index (κ3) is 5.23. The molecule has 1 N–H and O–H groups in total. The van der Waals surface area contributed by atoms with Gasteiger partial charge in [0.05, 0.1) is 23.0 Å². The third-order valence-corrected chi connectivity index (χ3v) is 5.98. The van der Waals surface area contributed by atoms with Crippen molar-refractivity contribution >= 4 is 33.2 Å². The number of hydrogen-bond donors (Lipinski definition) is 1. The summed E-state index contributed by atoms with van der Waals surface area (Å²) in [5, 5.41) is 3.16. The zero-order valence-corrected chi connectivity index (χ0v) is 17.8. The molecule has 0 radical (unpaired) electrons. The molecular weight excluding hydrogens is 384 g/mol. The average Bonchev–Trinajstić information content (AvgIpc) is 2.55. The van der Waals surface area contributed by atoms with Crippen molar-refractivity contribution in [3.63, 3.8) is 0 Å². The van der Waals surface area contributed by atoms with E-state index in [1.807, 2.05) is 27.7 Å². The minimum absolute atomic E-state index is 0.246. The highest BCUT2D eigenvalue weighted by molar-refractivity contribution is 7.92. The summed E-state index contributed by atoms with van der Waals surface area (Å²) in [6, 6.07) is 10.4. The highest BCUT2D eigenvalue weighted by Crippen LogP contribution is 2.27. The van der Waals surface area contributed by atoms with Crippen molar-refractivity contribution < 1.29 is 13.2 Å². The molecule has 27 heavy (non-hydrogen) atoms. The van der Waals surface area contributed by atoms with Crippen LogP contribution in [0.15, 0.2) is 36.4 Å². The molecule has 0 saturated heterocycles. The number of nitrogens with one attached hydrogen (secondary N) is 1. The van der Waals surface area contributed by atoms with Crippen molar-refractivity contribution in [2.45, 2.75) is 33.7 Å². The number of carbonyl (C=O) groups excluding carboxylic acids is 1. The summed E-state index contributed by atoms with van der Waals surface area (Å²) in [6.07, 6.45) is 1.06. The van der Waals surface area contributed by atoms with Crippen LogP contribution in [0.3, 0.4) is 0 Å². The number of rotatable bonds is 6. The molecule has 0 saturated carbocycles. The number of nitrogens with zero attached hydrogens (tertiary/aromatic N) is 1. The van der Waals surface area contributed by atoms with Gasteiger partial charge >= 0.3 is 0 Å². The van der Waals surface area contributed by atoms with E-state index in [0.717, 1.165) is 27.3 Å². The Morgan fingerprint density at radius 2 is 1.70 bits per heavy atom. The van der Waals surface area contributed by atoms with Crippen molar-refractivity contribution in [3.05, 3.63) is 63.7 Å². The van der Waals surface area contributed by atoms with Crippen LogP contribution in [-0.2, 0) is 14.8 Å². The summed E-state index contributed by atoms with van der Waals surface area (Å²) in [5.74, 6) is -0.398. The molecule has 5 nitrogen and oxygen atoms in total. The molecule has 1 amide bonds. The maximum atomic E-state index is 12.6. The first-order chi connectivity index (χ1) is 12.5. The summed E-state index contributed by atoms with van der Waals surface area (Å²) >= 11 is 6.13. The van der Waals surface area contributed by atoms with Crippen molar-refractivity contribution in [3.8, 4) is 0 Å². The van der Waals surface area contributed by atoms with Gasteiger partial charge in [0, 0.05) is 0 Å². The van der Waals surface area contributed by atoms with Gasteiger partial charge in [0.2, 0.25) is 15.9 Å². The molecular formula is C20H25ClN2O3S. The molecule has 1 atom stereocenters. The van der Waals surface area contributed by atoms with E-state index in [-0.39, 0.29) is 23.3 Å². The van der Waals surface area contributed by atoms with E-state index in [4.69, 9.17) is 11.6 Å². The summed E-state index contributed by atoms with van der Waals surface area (Å²) in [5.41, 5.74) is 4.71. The number of amides is 1. The molecule has 0 aliphatic carbocycles. The number of sulfonamides is 1. The predicted molar refractivity (Wildman–Crippen MR) is 111 cm³/mol. The molecule has 2 aromatic carbocycles. The van der Waals surface area contributed by atoms with E-state index in [0.29, 0.717) is 0 Å². The summed E-state index contributed by atoms with van der Waals surface area (Å²) in [4.78, 5) is 12.6. The number of carbonyl (C=O) groups is 1. The van der Waals surface area contributed by atoms with Crippen LogP contribution in [0.2, 0.25) is 5.02 Å². The monoisotopic (exact) mass is 408 g/mol. The lowest BCUT2D eigenvalue weighted by Crippen LogP contribution is -2.41. The first-order valence-corrected chi connectivity index (χ1v) is 10.8. The van der Waals surface area contributed by atoms with Crippen LogP contribution in [0.25, 0.3) is 0 Å². The Hall–Kier alpha value is -2.05. The molecule has 0 heterocycles. The van der Waals surface area contributed by atoms with Gasteiger partial charge in [0.15, 0.2) is 0 Å². The molecule has 2 aromatic rings. The Labute approximate surface area is 166 Å². The number of aryl methyl sites for hydroxylation is 3. The first kappa shape index (κ1) is 21.3. The second kappa shape index (κ2) is 8.31. The summed E-state index contributed by atoms with van der Waals surface area (Å²) in [6.45, 7) is 7.61. The lowest BCUT2D eigenvalue weighted by molar-refractivity contribution is -0.120. The first-order valence-electron chi connectivity index (χ1n) is 8.60. The predicted octanol–water partition coefficient (Wildman–Crippen LogP) is 3.91. The molecule has 0 bridgehead atoms. The Kier molecular flexibility index (Phi) is 6.54. The Morgan fingerprint density at radius 3 is 2.30 bits per heavy atom. The third-order valence-electron chi connectivity index (χ3n) is 4.54. The standard InChI is InChI=1S/C20H25ClN2O3S/c1-13-10-15(3)17(11-14(13)2)16(4)22-20(24)12-23(27(5,25)26)19-9-7-6-8-18(19)21/h6-11,16H,12H2,1-5H3,(H,22,24)/t16-/m0/s1. The largest absolute Gasteiger partial charge is 0.348 e. The summed E-state index contributed by atoms with van der Waals surface area (Å²) in [7, 11) is -3.67. The molecule has 0 fully saturated rings. The van der Waals surface area contributed by atoms with Crippen molar-refractivity contribution in [1.29, 1.82) is 0 Å². The maximum Gasteiger partial charge on any atom is 0.241 e.